The van der Waals surface area contributed by atoms with E-state index in [0.29, 0.717) is 54.1 Å². The van der Waals surface area contributed by atoms with Gasteiger partial charge in [0.25, 0.3) is 0 Å². The fraction of sp³-hybridized carbons (Fsp3) is 0.609. The van der Waals surface area contributed by atoms with E-state index in [-0.39, 0.29) is 24.7 Å². The third-order valence-corrected chi connectivity index (χ3v) is 6.63. The maximum atomic E-state index is 12.4. The normalized spacial score (nSPS) is 24.2. The van der Waals surface area contributed by atoms with Crippen molar-refractivity contribution >= 4 is 12.1 Å². The van der Waals surface area contributed by atoms with Gasteiger partial charge in [0.1, 0.15) is 23.7 Å². The highest BCUT2D eigenvalue weighted by Crippen LogP contribution is 2.38. The number of amides is 1. The molecule has 2 aromatic rings. The molecule has 4 rings (SSSR count). The van der Waals surface area contributed by atoms with E-state index >= 15 is 0 Å². The second kappa shape index (κ2) is 9.76. The molecule has 0 aromatic carbocycles. The summed E-state index contributed by atoms with van der Waals surface area (Å²) in [5.74, 6) is 0.698. The van der Waals surface area contributed by atoms with Crippen LogP contribution < -0.4 is 4.74 Å². The molecule has 1 amide bonds. The number of aliphatic carboxylic acids is 1. The molecular weight excluding hydrogens is 426 g/mol. The lowest BCUT2D eigenvalue weighted by atomic mass is 9.87. The lowest BCUT2D eigenvalue weighted by Crippen LogP contribution is -2.29. The van der Waals surface area contributed by atoms with Crippen molar-refractivity contribution in [3.63, 3.8) is 0 Å². The van der Waals surface area contributed by atoms with E-state index < -0.39 is 5.97 Å². The number of carboxylic acids is 1. The predicted octanol–water partition coefficient (Wildman–Crippen LogP) is 3.12. The molecular formula is C23H31N5O5. The quantitative estimate of drug-likeness (QED) is 0.642. The minimum absolute atomic E-state index is 0.0425. The Balaban J connectivity index is 1.36. The van der Waals surface area contributed by atoms with Gasteiger partial charge in [-0.1, -0.05) is 12.1 Å². The number of ether oxygens (including phenoxy) is 2. The Morgan fingerprint density at radius 2 is 2.06 bits per heavy atom. The number of carbonyl (C=O) groups excluding carboxylic acids is 1. The van der Waals surface area contributed by atoms with Crippen LogP contribution in [0.15, 0.2) is 18.3 Å². The zero-order valence-corrected chi connectivity index (χ0v) is 19.3. The third kappa shape index (κ3) is 5.61. The molecule has 2 aromatic heterocycles. The van der Waals surface area contributed by atoms with Gasteiger partial charge in [0, 0.05) is 20.6 Å². The Hall–Kier alpha value is -3.17. The number of carbonyl (C=O) groups is 2. The van der Waals surface area contributed by atoms with Gasteiger partial charge in [-0.15, -0.1) is 5.10 Å². The lowest BCUT2D eigenvalue weighted by Gasteiger charge is -2.27. The van der Waals surface area contributed by atoms with Crippen molar-refractivity contribution in [1.82, 2.24) is 24.9 Å². The Morgan fingerprint density at radius 3 is 2.73 bits per heavy atom. The van der Waals surface area contributed by atoms with Crippen molar-refractivity contribution < 1.29 is 24.2 Å². The fourth-order valence-corrected chi connectivity index (χ4v) is 4.32. The first-order chi connectivity index (χ1) is 15.8. The van der Waals surface area contributed by atoms with Gasteiger partial charge < -0.3 is 19.5 Å². The van der Waals surface area contributed by atoms with Crippen LogP contribution in [0, 0.1) is 17.8 Å². The topological polar surface area (TPSA) is 120 Å². The largest absolute Gasteiger partial charge is 0.489 e. The lowest BCUT2D eigenvalue weighted by molar-refractivity contribution is -0.143. The molecule has 2 aliphatic rings. The van der Waals surface area contributed by atoms with Gasteiger partial charge in [0.05, 0.1) is 23.9 Å². The van der Waals surface area contributed by atoms with Crippen LogP contribution in [0.5, 0.6) is 5.75 Å². The summed E-state index contributed by atoms with van der Waals surface area (Å²) in [5, 5.41) is 17.5. The van der Waals surface area contributed by atoms with Gasteiger partial charge in [-0.25, -0.2) is 9.48 Å². The number of hydrogen-bond acceptors (Lipinski definition) is 7. The van der Waals surface area contributed by atoms with Crippen LogP contribution in [0.1, 0.15) is 44.7 Å². The Morgan fingerprint density at radius 1 is 1.27 bits per heavy atom. The zero-order chi connectivity index (χ0) is 23.5. The van der Waals surface area contributed by atoms with Crippen LogP contribution in [-0.4, -0.2) is 61.7 Å². The summed E-state index contributed by atoms with van der Waals surface area (Å²) in [7, 11) is 3.50. The monoisotopic (exact) mass is 457 g/mol. The number of aryl methyl sites for hydroxylation is 1. The summed E-state index contributed by atoms with van der Waals surface area (Å²) in [4.78, 5) is 29.7. The van der Waals surface area contributed by atoms with E-state index in [4.69, 9.17) is 9.47 Å². The molecule has 10 nitrogen and oxygen atoms in total. The first kappa shape index (κ1) is 23.0. The molecule has 0 radical (unpaired) electrons. The third-order valence-electron chi connectivity index (χ3n) is 6.63. The molecule has 0 saturated heterocycles. The van der Waals surface area contributed by atoms with E-state index in [9.17, 15) is 14.7 Å². The zero-order valence-electron chi connectivity index (χ0n) is 19.3. The molecule has 1 N–H and O–H groups in total. The van der Waals surface area contributed by atoms with Crippen LogP contribution in [0.2, 0.25) is 0 Å². The second-order valence-corrected chi connectivity index (χ2v) is 9.24. The van der Waals surface area contributed by atoms with E-state index in [1.54, 1.807) is 42.0 Å². The SMILES string of the molecule is CC1CC1CN(C)C(=O)OCc1c(-c2ccc(O[C@H]3CCC[C@H](C(=O)O)C3)cn2)nnn1C. The molecule has 33 heavy (non-hydrogen) atoms. The highest BCUT2D eigenvalue weighted by molar-refractivity contribution is 5.70. The summed E-state index contributed by atoms with van der Waals surface area (Å²) in [6, 6.07) is 3.57. The Kier molecular flexibility index (Phi) is 6.80. The van der Waals surface area contributed by atoms with Gasteiger partial charge in [0.2, 0.25) is 0 Å². The van der Waals surface area contributed by atoms with Crippen LogP contribution in [0.3, 0.4) is 0 Å². The first-order valence-electron chi connectivity index (χ1n) is 11.4. The molecule has 10 heteroatoms. The Bertz CT molecular complexity index is 992. The summed E-state index contributed by atoms with van der Waals surface area (Å²) < 4.78 is 13.0. The molecule has 2 heterocycles. The molecule has 178 valence electrons. The van der Waals surface area contributed by atoms with Gasteiger partial charge in [-0.3, -0.25) is 9.78 Å². The number of rotatable bonds is 8. The average Bonchev–Trinajstić information content (AvgIpc) is 3.36. The predicted molar refractivity (Wildman–Crippen MR) is 118 cm³/mol. The van der Waals surface area contributed by atoms with Gasteiger partial charge in [0.15, 0.2) is 0 Å². The fourth-order valence-electron chi connectivity index (χ4n) is 4.32. The number of aromatic nitrogens is 4. The van der Waals surface area contributed by atoms with Gasteiger partial charge >= 0.3 is 12.1 Å². The van der Waals surface area contributed by atoms with Crippen molar-refractivity contribution in [3.8, 4) is 17.1 Å². The molecule has 4 atom stereocenters. The van der Waals surface area contributed by atoms with Gasteiger partial charge in [-0.05, 0) is 56.1 Å². The number of hydrogen-bond donors (Lipinski definition) is 1. The minimum Gasteiger partial charge on any atom is -0.489 e. The molecule has 0 spiro atoms. The summed E-state index contributed by atoms with van der Waals surface area (Å²) in [6.45, 7) is 2.93. The molecule has 2 unspecified atom stereocenters. The highest BCUT2D eigenvalue weighted by Gasteiger charge is 2.34. The van der Waals surface area contributed by atoms with E-state index in [1.165, 1.54) is 0 Å². The highest BCUT2D eigenvalue weighted by atomic mass is 16.6. The van der Waals surface area contributed by atoms with Gasteiger partial charge in [-0.2, -0.15) is 0 Å². The molecule has 2 aliphatic carbocycles. The van der Waals surface area contributed by atoms with Crippen LogP contribution in [0.25, 0.3) is 11.4 Å². The number of pyridine rings is 1. The summed E-state index contributed by atoms with van der Waals surface area (Å²) >= 11 is 0. The van der Waals surface area contributed by atoms with Crippen LogP contribution in [0.4, 0.5) is 4.79 Å². The van der Waals surface area contributed by atoms with Crippen molar-refractivity contribution in [2.75, 3.05) is 13.6 Å². The standard InChI is InChI=1S/C23H31N5O5/c1-14-9-16(14)12-27(2)23(31)32-13-20-21(25-26-28(20)3)19-8-7-18(11-24-19)33-17-6-4-5-15(10-17)22(29)30/h7-8,11,14-17H,4-6,9-10,12-13H2,1-3H3,(H,29,30)/t14?,15-,16?,17-/m0/s1. The summed E-state index contributed by atoms with van der Waals surface area (Å²) in [5.41, 5.74) is 1.78. The Labute approximate surface area is 192 Å². The smallest absolute Gasteiger partial charge is 0.409 e. The second-order valence-electron chi connectivity index (χ2n) is 9.24. The number of carboxylic acid groups (broad SMARTS) is 1. The average molecular weight is 458 g/mol. The molecule has 0 bridgehead atoms. The van der Waals surface area contributed by atoms with Crippen molar-refractivity contribution in [2.45, 2.75) is 51.7 Å². The minimum atomic E-state index is -0.763. The molecule has 2 saturated carbocycles. The summed E-state index contributed by atoms with van der Waals surface area (Å²) in [6.07, 6.45) is 5.13. The first-order valence-corrected chi connectivity index (χ1v) is 11.4. The van der Waals surface area contributed by atoms with Crippen LogP contribution >= 0.6 is 0 Å². The van der Waals surface area contributed by atoms with Crippen molar-refractivity contribution in [3.05, 3.63) is 24.0 Å². The van der Waals surface area contributed by atoms with Crippen molar-refractivity contribution in [2.24, 2.45) is 24.8 Å². The maximum absolute atomic E-state index is 12.4. The van der Waals surface area contributed by atoms with E-state index in [0.717, 1.165) is 19.3 Å². The van der Waals surface area contributed by atoms with E-state index in [2.05, 4.69) is 22.2 Å². The van der Waals surface area contributed by atoms with E-state index in [1.807, 2.05) is 0 Å². The maximum Gasteiger partial charge on any atom is 0.409 e. The van der Waals surface area contributed by atoms with Crippen molar-refractivity contribution in [1.29, 1.82) is 0 Å². The number of nitrogens with zero attached hydrogens (tertiary/aromatic N) is 5. The molecule has 2 fully saturated rings. The van der Waals surface area contributed by atoms with Crippen LogP contribution in [-0.2, 0) is 23.2 Å². The molecule has 0 aliphatic heterocycles.